The van der Waals surface area contributed by atoms with E-state index in [1.165, 1.54) is 17.5 Å². The average molecular weight is 206 g/mol. The van der Waals surface area contributed by atoms with Gasteiger partial charge >= 0.3 is 0 Å². The van der Waals surface area contributed by atoms with Crippen molar-refractivity contribution in [1.82, 2.24) is 9.97 Å². The van der Waals surface area contributed by atoms with Gasteiger partial charge in [-0.25, -0.2) is 0 Å². The lowest BCUT2D eigenvalue weighted by Crippen LogP contribution is -1.88. The molecule has 1 aromatic heterocycles. The van der Waals surface area contributed by atoms with Crippen LogP contribution in [0.15, 0.2) is 12.1 Å². The van der Waals surface area contributed by atoms with E-state index >= 15 is 0 Å². The van der Waals surface area contributed by atoms with Crippen LogP contribution in [0.25, 0.3) is 11.0 Å². The van der Waals surface area contributed by atoms with Gasteiger partial charge < -0.3 is 9.97 Å². The molecule has 2 N–H and O–H groups in total. The molecule has 0 saturated heterocycles. The molecule has 14 heavy (non-hydrogen) atoms. The molecule has 74 valence electrons. The zero-order valence-corrected chi connectivity index (χ0v) is 9.29. The molecular formula is C11H14N2S. The first-order valence-electron chi connectivity index (χ1n) is 4.92. The highest BCUT2D eigenvalue weighted by molar-refractivity contribution is 7.71. The molecular weight excluding hydrogens is 192 g/mol. The predicted molar refractivity (Wildman–Crippen MR) is 62.2 cm³/mol. The van der Waals surface area contributed by atoms with E-state index in [9.17, 15) is 0 Å². The molecule has 0 aliphatic heterocycles. The van der Waals surface area contributed by atoms with Crippen molar-refractivity contribution in [3.05, 3.63) is 28.0 Å². The number of H-pyrrole nitrogens is 2. The second-order valence-electron chi connectivity index (χ2n) is 3.65. The maximum Gasteiger partial charge on any atom is 0.175 e. The van der Waals surface area contributed by atoms with Gasteiger partial charge in [-0.05, 0) is 48.8 Å². The van der Waals surface area contributed by atoms with Crippen LogP contribution in [-0.4, -0.2) is 9.97 Å². The van der Waals surface area contributed by atoms with Crippen molar-refractivity contribution in [1.29, 1.82) is 0 Å². The fourth-order valence-electron chi connectivity index (χ4n) is 1.77. The number of benzene rings is 1. The minimum atomic E-state index is 0.702. The summed E-state index contributed by atoms with van der Waals surface area (Å²) in [5, 5.41) is 0. The molecule has 0 aliphatic rings. The molecule has 0 atom stereocenters. The van der Waals surface area contributed by atoms with Gasteiger partial charge in [0.25, 0.3) is 0 Å². The van der Waals surface area contributed by atoms with E-state index in [2.05, 4.69) is 35.9 Å². The van der Waals surface area contributed by atoms with Crippen LogP contribution < -0.4 is 0 Å². The maximum absolute atomic E-state index is 5.05. The van der Waals surface area contributed by atoms with Crippen LogP contribution in [0, 0.1) is 11.7 Å². The topological polar surface area (TPSA) is 31.6 Å². The van der Waals surface area contributed by atoms with E-state index in [0.29, 0.717) is 4.77 Å². The van der Waals surface area contributed by atoms with Crippen LogP contribution in [0.5, 0.6) is 0 Å². The Morgan fingerprint density at radius 1 is 1.21 bits per heavy atom. The lowest BCUT2D eigenvalue weighted by atomic mass is 10.0. The fourth-order valence-corrected chi connectivity index (χ4v) is 1.99. The summed E-state index contributed by atoms with van der Waals surface area (Å²) < 4.78 is 0.702. The number of nitrogens with one attached hydrogen (secondary N) is 2. The predicted octanol–water partition coefficient (Wildman–Crippen LogP) is 3.49. The summed E-state index contributed by atoms with van der Waals surface area (Å²) in [6.45, 7) is 4.34. The Morgan fingerprint density at radius 2 is 1.86 bits per heavy atom. The molecule has 1 heterocycles. The molecule has 0 bridgehead atoms. The molecule has 1 aromatic carbocycles. The van der Waals surface area contributed by atoms with Crippen LogP contribution in [0.2, 0.25) is 0 Å². The zero-order chi connectivity index (χ0) is 10.1. The third-order valence-electron chi connectivity index (χ3n) is 2.49. The van der Waals surface area contributed by atoms with Crippen LogP contribution in [0.4, 0.5) is 0 Å². The van der Waals surface area contributed by atoms with Crippen molar-refractivity contribution in [2.24, 2.45) is 0 Å². The molecule has 0 amide bonds. The molecule has 0 unspecified atom stereocenters. The number of fused-ring (bicyclic) bond motifs is 1. The number of hydrogen-bond acceptors (Lipinski definition) is 1. The lowest BCUT2D eigenvalue weighted by molar-refractivity contribution is 0.914. The van der Waals surface area contributed by atoms with Crippen molar-refractivity contribution < 1.29 is 0 Å². The third-order valence-corrected chi connectivity index (χ3v) is 2.70. The molecule has 0 spiro atoms. The van der Waals surface area contributed by atoms with Crippen LogP contribution >= 0.6 is 12.2 Å². The molecule has 0 aliphatic carbocycles. The van der Waals surface area contributed by atoms with Gasteiger partial charge in [0.15, 0.2) is 4.77 Å². The Balaban J connectivity index is 2.63. The van der Waals surface area contributed by atoms with E-state index in [4.69, 9.17) is 12.2 Å². The Morgan fingerprint density at radius 3 is 2.50 bits per heavy atom. The second-order valence-corrected chi connectivity index (χ2v) is 4.06. The van der Waals surface area contributed by atoms with Crippen LogP contribution in [0.3, 0.4) is 0 Å². The Labute approximate surface area is 88.4 Å². The van der Waals surface area contributed by atoms with Gasteiger partial charge in [-0.1, -0.05) is 13.3 Å². The summed E-state index contributed by atoms with van der Waals surface area (Å²) in [5.41, 5.74) is 4.96. The highest BCUT2D eigenvalue weighted by Crippen LogP contribution is 2.18. The number of aryl methyl sites for hydroxylation is 2. The maximum atomic E-state index is 5.05. The first-order valence-corrected chi connectivity index (χ1v) is 5.33. The van der Waals surface area contributed by atoms with Gasteiger partial charge in [-0.3, -0.25) is 0 Å². The van der Waals surface area contributed by atoms with E-state index in [-0.39, 0.29) is 0 Å². The fraction of sp³-hybridized carbons (Fsp3) is 0.364. The summed E-state index contributed by atoms with van der Waals surface area (Å²) in [6, 6.07) is 4.35. The van der Waals surface area contributed by atoms with Gasteiger partial charge in [0.1, 0.15) is 0 Å². The summed E-state index contributed by atoms with van der Waals surface area (Å²) in [4.78, 5) is 6.27. The quantitative estimate of drug-likeness (QED) is 0.724. The van der Waals surface area contributed by atoms with E-state index in [0.717, 1.165) is 17.5 Å². The highest BCUT2D eigenvalue weighted by Gasteiger charge is 2.02. The van der Waals surface area contributed by atoms with Gasteiger partial charge in [0, 0.05) is 0 Å². The average Bonchev–Trinajstić information content (AvgIpc) is 2.45. The highest BCUT2D eigenvalue weighted by atomic mass is 32.1. The van der Waals surface area contributed by atoms with Crippen molar-refractivity contribution in [2.75, 3.05) is 0 Å². The summed E-state index contributed by atoms with van der Waals surface area (Å²) in [6.07, 6.45) is 2.31. The Hall–Kier alpha value is -1.09. The number of hydrogen-bond donors (Lipinski definition) is 2. The van der Waals surface area contributed by atoms with Crippen molar-refractivity contribution in [3.63, 3.8) is 0 Å². The summed E-state index contributed by atoms with van der Waals surface area (Å²) in [5.74, 6) is 0. The summed E-state index contributed by atoms with van der Waals surface area (Å²) >= 11 is 5.05. The van der Waals surface area contributed by atoms with Crippen molar-refractivity contribution in [3.8, 4) is 0 Å². The molecule has 3 heteroatoms. The van der Waals surface area contributed by atoms with Gasteiger partial charge in [0.2, 0.25) is 0 Å². The van der Waals surface area contributed by atoms with Gasteiger partial charge in [0.05, 0.1) is 11.0 Å². The number of aromatic nitrogens is 2. The van der Waals surface area contributed by atoms with Crippen molar-refractivity contribution >= 4 is 23.3 Å². The summed E-state index contributed by atoms with van der Waals surface area (Å²) in [7, 11) is 0. The standard InChI is InChI=1S/C11H14N2S/c1-3-4-8-6-10-9(5-7(8)2)12-11(14)13-10/h5-6H,3-4H2,1-2H3,(H2,12,13,14). The SMILES string of the molecule is CCCc1cc2[nH]c(=S)[nH]c2cc1C. The minimum absolute atomic E-state index is 0.702. The van der Waals surface area contributed by atoms with E-state index in [1.807, 2.05) is 0 Å². The molecule has 2 nitrogen and oxygen atoms in total. The second kappa shape index (κ2) is 3.58. The number of aromatic amines is 2. The Kier molecular flexibility index (Phi) is 2.42. The van der Waals surface area contributed by atoms with E-state index < -0.39 is 0 Å². The Bertz CT molecular complexity index is 507. The number of rotatable bonds is 2. The molecule has 0 saturated carbocycles. The third kappa shape index (κ3) is 1.60. The van der Waals surface area contributed by atoms with Gasteiger partial charge in [-0.15, -0.1) is 0 Å². The number of imidazole rings is 1. The zero-order valence-electron chi connectivity index (χ0n) is 8.48. The lowest BCUT2D eigenvalue weighted by Gasteiger charge is -2.03. The van der Waals surface area contributed by atoms with Gasteiger partial charge in [-0.2, -0.15) is 0 Å². The largest absolute Gasteiger partial charge is 0.331 e. The van der Waals surface area contributed by atoms with Crippen molar-refractivity contribution in [2.45, 2.75) is 26.7 Å². The van der Waals surface area contributed by atoms with E-state index in [1.54, 1.807) is 0 Å². The molecule has 2 aromatic rings. The van der Waals surface area contributed by atoms with Crippen LogP contribution in [0.1, 0.15) is 24.5 Å². The minimum Gasteiger partial charge on any atom is -0.331 e. The normalized spacial score (nSPS) is 11.0. The smallest absolute Gasteiger partial charge is 0.175 e. The monoisotopic (exact) mass is 206 g/mol. The molecule has 0 radical (unpaired) electrons. The van der Waals surface area contributed by atoms with Crippen LogP contribution in [-0.2, 0) is 6.42 Å². The molecule has 2 rings (SSSR count). The first kappa shape index (κ1) is 9.46. The first-order chi connectivity index (χ1) is 6.70. The molecule has 0 fully saturated rings.